The van der Waals surface area contributed by atoms with Crippen LogP contribution in [0, 0.1) is 0 Å². The van der Waals surface area contributed by atoms with Crippen molar-refractivity contribution in [2.45, 2.75) is 26.4 Å². The first-order valence-corrected chi connectivity index (χ1v) is 7.32. The Morgan fingerprint density at radius 1 is 1.39 bits per heavy atom. The first kappa shape index (κ1) is 14.7. The summed E-state index contributed by atoms with van der Waals surface area (Å²) in [6.07, 6.45) is 0. The Labute approximate surface area is 109 Å². The fourth-order valence-electron chi connectivity index (χ4n) is 1.84. The number of rotatable bonds is 6. The third kappa shape index (κ3) is 4.89. The summed E-state index contributed by atoms with van der Waals surface area (Å²) in [7, 11) is -3.98. The Morgan fingerprint density at radius 2 is 1.94 bits per heavy atom. The number of allylic oxidation sites excluding steroid dienone is 1. The summed E-state index contributed by atoms with van der Waals surface area (Å²) >= 11 is 0. The van der Waals surface area contributed by atoms with Crippen LogP contribution in [-0.2, 0) is 16.7 Å². The second-order valence-corrected chi connectivity index (χ2v) is 5.94. The highest BCUT2D eigenvalue weighted by molar-refractivity contribution is 7.85. The molecule has 1 N–H and O–H groups in total. The monoisotopic (exact) mass is 269 g/mol. The van der Waals surface area contributed by atoms with Crippen molar-refractivity contribution in [1.82, 2.24) is 4.90 Å². The minimum Gasteiger partial charge on any atom is -0.367 e. The van der Waals surface area contributed by atoms with Gasteiger partial charge in [0, 0.05) is 18.3 Å². The van der Waals surface area contributed by atoms with E-state index < -0.39 is 10.1 Å². The summed E-state index contributed by atoms with van der Waals surface area (Å²) in [5, 5.41) is 0. The van der Waals surface area contributed by atoms with Gasteiger partial charge >= 0.3 is 0 Å². The topological polar surface area (TPSA) is 57.6 Å². The van der Waals surface area contributed by atoms with Gasteiger partial charge < -0.3 is 4.90 Å². The van der Waals surface area contributed by atoms with Crippen LogP contribution < -0.4 is 0 Å². The van der Waals surface area contributed by atoms with E-state index in [2.05, 4.69) is 6.58 Å². The van der Waals surface area contributed by atoms with E-state index in [1.807, 2.05) is 42.2 Å². The SMILES string of the molecule is C=C(C)N(Cc1ccccc1)C(C)CS(=O)(=O)O. The summed E-state index contributed by atoms with van der Waals surface area (Å²) in [5.74, 6) is -0.299. The second-order valence-electron chi connectivity index (χ2n) is 4.45. The Kier molecular flexibility index (Phi) is 4.93. The van der Waals surface area contributed by atoms with Gasteiger partial charge in [0.1, 0.15) is 0 Å². The molecule has 0 bridgehead atoms. The van der Waals surface area contributed by atoms with E-state index in [1.54, 1.807) is 6.92 Å². The number of hydrogen-bond donors (Lipinski definition) is 1. The molecule has 0 aliphatic carbocycles. The molecule has 1 atom stereocenters. The predicted octanol–water partition coefficient (Wildman–Crippen LogP) is 2.30. The lowest BCUT2D eigenvalue weighted by molar-refractivity contribution is 0.275. The lowest BCUT2D eigenvalue weighted by Crippen LogP contribution is -2.36. The molecule has 0 radical (unpaired) electrons. The lowest BCUT2D eigenvalue weighted by atomic mass is 10.2. The van der Waals surface area contributed by atoms with E-state index in [1.165, 1.54) is 0 Å². The van der Waals surface area contributed by atoms with Crippen molar-refractivity contribution < 1.29 is 13.0 Å². The molecule has 0 heterocycles. The van der Waals surface area contributed by atoms with E-state index in [9.17, 15) is 8.42 Å². The van der Waals surface area contributed by atoms with Crippen molar-refractivity contribution in [3.05, 3.63) is 48.2 Å². The van der Waals surface area contributed by atoms with Gasteiger partial charge in [-0.05, 0) is 19.4 Å². The maximum Gasteiger partial charge on any atom is 0.266 e. The summed E-state index contributed by atoms with van der Waals surface area (Å²) < 4.78 is 30.7. The summed E-state index contributed by atoms with van der Waals surface area (Å²) in [6, 6.07) is 9.40. The molecule has 0 aliphatic heterocycles. The van der Waals surface area contributed by atoms with Crippen molar-refractivity contribution in [2.24, 2.45) is 0 Å². The molecule has 0 saturated heterocycles. The van der Waals surface area contributed by atoms with Gasteiger partial charge in [0.25, 0.3) is 10.1 Å². The van der Waals surface area contributed by atoms with E-state index in [0.717, 1.165) is 11.3 Å². The smallest absolute Gasteiger partial charge is 0.266 e. The van der Waals surface area contributed by atoms with Crippen molar-refractivity contribution >= 4 is 10.1 Å². The second kappa shape index (κ2) is 6.02. The van der Waals surface area contributed by atoms with Gasteiger partial charge in [-0.2, -0.15) is 8.42 Å². The van der Waals surface area contributed by atoms with E-state index in [-0.39, 0.29) is 11.8 Å². The third-order valence-corrected chi connectivity index (χ3v) is 3.57. The number of hydrogen-bond acceptors (Lipinski definition) is 3. The molecule has 1 aromatic rings. The summed E-state index contributed by atoms with van der Waals surface area (Å²) in [6.45, 7) is 8.01. The average Bonchev–Trinajstić information content (AvgIpc) is 2.24. The molecule has 0 saturated carbocycles. The molecule has 0 spiro atoms. The summed E-state index contributed by atoms with van der Waals surface area (Å²) in [5.41, 5.74) is 1.85. The highest BCUT2D eigenvalue weighted by atomic mass is 32.2. The maximum atomic E-state index is 10.9. The fourth-order valence-corrected chi connectivity index (χ4v) is 2.63. The zero-order chi connectivity index (χ0) is 13.8. The molecular weight excluding hydrogens is 250 g/mol. The molecule has 0 aliphatic rings. The van der Waals surface area contributed by atoms with Crippen molar-refractivity contribution in [2.75, 3.05) is 5.75 Å². The van der Waals surface area contributed by atoms with Gasteiger partial charge in [-0.1, -0.05) is 36.9 Å². The van der Waals surface area contributed by atoms with Crippen molar-refractivity contribution in [3.63, 3.8) is 0 Å². The average molecular weight is 269 g/mol. The molecular formula is C13H19NO3S. The Morgan fingerprint density at radius 3 is 2.39 bits per heavy atom. The van der Waals surface area contributed by atoms with Crippen LogP contribution in [0.15, 0.2) is 42.6 Å². The molecule has 1 unspecified atom stereocenters. The van der Waals surface area contributed by atoms with E-state index in [0.29, 0.717) is 6.54 Å². The zero-order valence-electron chi connectivity index (χ0n) is 10.7. The minimum atomic E-state index is -3.98. The molecule has 4 nitrogen and oxygen atoms in total. The molecule has 1 aromatic carbocycles. The Hall–Kier alpha value is -1.33. The Balaban J connectivity index is 2.81. The van der Waals surface area contributed by atoms with Gasteiger partial charge in [0.15, 0.2) is 0 Å². The molecule has 5 heteroatoms. The first-order chi connectivity index (χ1) is 8.29. The molecule has 18 heavy (non-hydrogen) atoms. The third-order valence-electron chi connectivity index (χ3n) is 2.67. The Bertz CT molecular complexity index is 496. The summed E-state index contributed by atoms with van der Waals surface area (Å²) in [4.78, 5) is 1.86. The number of benzene rings is 1. The zero-order valence-corrected chi connectivity index (χ0v) is 11.5. The number of nitrogens with zero attached hydrogens (tertiary/aromatic N) is 1. The van der Waals surface area contributed by atoms with Crippen LogP contribution in [0.5, 0.6) is 0 Å². The van der Waals surface area contributed by atoms with Crippen molar-refractivity contribution in [1.29, 1.82) is 0 Å². The van der Waals surface area contributed by atoms with Crippen LogP contribution in [0.4, 0.5) is 0 Å². The standard InChI is InChI=1S/C13H19NO3S/c1-11(2)14(12(3)10-18(15,16)17)9-13-7-5-4-6-8-13/h4-8,12H,1,9-10H2,2-3H3,(H,15,16,17). The molecule has 0 aromatic heterocycles. The van der Waals surface area contributed by atoms with Crippen LogP contribution in [0.1, 0.15) is 19.4 Å². The van der Waals surface area contributed by atoms with Gasteiger partial charge in [-0.3, -0.25) is 4.55 Å². The van der Waals surface area contributed by atoms with Crippen LogP contribution >= 0.6 is 0 Å². The van der Waals surface area contributed by atoms with Crippen LogP contribution in [-0.4, -0.2) is 29.7 Å². The van der Waals surface area contributed by atoms with Gasteiger partial charge in [0.2, 0.25) is 0 Å². The van der Waals surface area contributed by atoms with Gasteiger partial charge in [-0.15, -0.1) is 0 Å². The van der Waals surface area contributed by atoms with E-state index >= 15 is 0 Å². The first-order valence-electron chi connectivity index (χ1n) is 5.71. The minimum absolute atomic E-state index is 0.299. The predicted molar refractivity (Wildman–Crippen MR) is 72.7 cm³/mol. The lowest BCUT2D eigenvalue weighted by Gasteiger charge is -2.30. The molecule has 1 rings (SSSR count). The molecule has 0 fully saturated rings. The highest BCUT2D eigenvalue weighted by Crippen LogP contribution is 2.14. The normalized spacial score (nSPS) is 13.1. The maximum absolute atomic E-state index is 10.9. The quantitative estimate of drug-likeness (QED) is 0.805. The largest absolute Gasteiger partial charge is 0.367 e. The van der Waals surface area contributed by atoms with Crippen LogP contribution in [0.3, 0.4) is 0 Å². The van der Waals surface area contributed by atoms with Crippen molar-refractivity contribution in [3.8, 4) is 0 Å². The fraction of sp³-hybridized carbons (Fsp3) is 0.385. The van der Waals surface area contributed by atoms with E-state index in [4.69, 9.17) is 4.55 Å². The van der Waals surface area contributed by atoms with Gasteiger partial charge in [-0.25, -0.2) is 0 Å². The van der Waals surface area contributed by atoms with Crippen LogP contribution in [0.2, 0.25) is 0 Å². The van der Waals surface area contributed by atoms with Gasteiger partial charge in [0.05, 0.1) is 5.75 Å². The van der Waals surface area contributed by atoms with Crippen LogP contribution in [0.25, 0.3) is 0 Å². The highest BCUT2D eigenvalue weighted by Gasteiger charge is 2.19. The molecule has 100 valence electrons. The molecule has 0 amide bonds.